The third kappa shape index (κ3) is 6.46. The largest absolute Gasteiger partial charge is 0.412 e. The third-order valence-electron chi connectivity index (χ3n) is 2.50. The number of halogens is 3. The van der Waals surface area contributed by atoms with Crippen LogP contribution in [0.2, 0.25) is 5.02 Å². The Labute approximate surface area is 120 Å². The Balaban J connectivity index is 0. The summed E-state index contributed by atoms with van der Waals surface area (Å²) in [5.74, 6) is 0. The number of nitrogens with zero attached hydrogens (tertiary/aromatic N) is 1. The summed E-state index contributed by atoms with van der Waals surface area (Å²) >= 11 is 5.93. The Morgan fingerprint density at radius 1 is 1.18 bits per heavy atom. The van der Waals surface area contributed by atoms with Crippen molar-refractivity contribution in [2.45, 2.75) is 6.54 Å². The summed E-state index contributed by atoms with van der Waals surface area (Å²) in [4.78, 5) is 2.45. The van der Waals surface area contributed by atoms with E-state index in [2.05, 4.69) is 16.3 Å². The molecule has 0 unspecified atom stereocenters. The van der Waals surface area contributed by atoms with Crippen molar-refractivity contribution >= 4 is 36.4 Å². The van der Waals surface area contributed by atoms with Gasteiger partial charge in [0.2, 0.25) is 0 Å². The zero-order valence-electron chi connectivity index (χ0n) is 9.49. The molecule has 3 nitrogen and oxygen atoms in total. The fraction of sp³-hybridized carbons (Fsp3) is 0.455. The van der Waals surface area contributed by atoms with Gasteiger partial charge < -0.3 is 10.8 Å². The number of hydrogen-bond acceptors (Lipinski definition) is 2. The van der Waals surface area contributed by atoms with Gasteiger partial charge >= 0.3 is 0 Å². The van der Waals surface area contributed by atoms with Crippen molar-refractivity contribution < 1.29 is 5.48 Å². The second-order valence-electron chi connectivity index (χ2n) is 3.66. The molecule has 3 N–H and O–H groups in total. The zero-order valence-corrected chi connectivity index (χ0v) is 11.9. The molecule has 100 valence electrons. The summed E-state index contributed by atoms with van der Waals surface area (Å²) in [6.07, 6.45) is 0. The fourth-order valence-corrected chi connectivity index (χ4v) is 1.98. The second kappa shape index (κ2) is 9.95. The fourth-order valence-electron chi connectivity index (χ4n) is 1.76. The van der Waals surface area contributed by atoms with Gasteiger partial charge in [0.05, 0.1) is 0 Å². The molecule has 0 aliphatic carbocycles. The highest BCUT2D eigenvalue weighted by molar-refractivity contribution is 6.30. The van der Waals surface area contributed by atoms with Crippen molar-refractivity contribution in [1.29, 1.82) is 0 Å². The van der Waals surface area contributed by atoms with E-state index in [9.17, 15) is 0 Å². The van der Waals surface area contributed by atoms with Gasteiger partial charge in [0.1, 0.15) is 0 Å². The van der Waals surface area contributed by atoms with E-state index in [1.54, 1.807) is 0 Å². The van der Waals surface area contributed by atoms with Crippen molar-refractivity contribution in [3.8, 4) is 0 Å². The molecule has 6 heteroatoms. The van der Waals surface area contributed by atoms with Crippen molar-refractivity contribution in [1.82, 2.24) is 10.2 Å². The van der Waals surface area contributed by atoms with E-state index in [1.807, 2.05) is 18.2 Å². The SMILES string of the molecule is Cl.Cl.Clc1cccc(CN2CCNCC2)c1.O. The van der Waals surface area contributed by atoms with Crippen LogP contribution in [0.1, 0.15) is 5.56 Å². The van der Waals surface area contributed by atoms with Crippen LogP contribution in [0.5, 0.6) is 0 Å². The van der Waals surface area contributed by atoms with Crippen LogP contribution in [-0.4, -0.2) is 36.6 Å². The van der Waals surface area contributed by atoms with Gasteiger partial charge in [-0.3, -0.25) is 4.90 Å². The summed E-state index contributed by atoms with van der Waals surface area (Å²) in [7, 11) is 0. The lowest BCUT2D eigenvalue weighted by molar-refractivity contribution is 0.233. The Bertz CT molecular complexity index is 307. The summed E-state index contributed by atoms with van der Waals surface area (Å²) in [5.41, 5.74) is 1.31. The molecule has 1 aromatic rings. The minimum absolute atomic E-state index is 0. The Kier molecular flexibility index (Phi) is 11.3. The van der Waals surface area contributed by atoms with Gasteiger partial charge in [-0.05, 0) is 17.7 Å². The van der Waals surface area contributed by atoms with Gasteiger partial charge in [0.15, 0.2) is 0 Å². The van der Waals surface area contributed by atoms with Crippen LogP contribution in [0, 0.1) is 0 Å². The molecule has 0 bridgehead atoms. The highest BCUT2D eigenvalue weighted by Crippen LogP contribution is 2.12. The standard InChI is InChI=1S/C11H15ClN2.2ClH.H2O/c12-11-3-1-2-10(8-11)9-14-6-4-13-5-7-14;;;/h1-3,8,13H,4-7,9H2;2*1H;1H2. The topological polar surface area (TPSA) is 46.8 Å². The lowest BCUT2D eigenvalue weighted by Gasteiger charge is -2.27. The summed E-state index contributed by atoms with van der Waals surface area (Å²) in [6.45, 7) is 5.47. The van der Waals surface area contributed by atoms with Gasteiger partial charge in [-0.2, -0.15) is 0 Å². The maximum atomic E-state index is 5.93. The van der Waals surface area contributed by atoms with Crippen LogP contribution in [0.25, 0.3) is 0 Å². The van der Waals surface area contributed by atoms with Gasteiger partial charge in [-0.25, -0.2) is 0 Å². The molecule has 0 radical (unpaired) electrons. The Morgan fingerprint density at radius 3 is 2.41 bits per heavy atom. The second-order valence-corrected chi connectivity index (χ2v) is 4.09. The molecule has 0 atom stereocenters. The Hall–Kier alpha value is -0.0300. The van der Waals surface area contributed by atoms with Gasteiger partial charge in [-0.15, -0.1) is 24.8 Å². The highest BCUT2D eigenvalue weighted by Gasteiger charge is 2.09. The number of piperazine rings is 1. The smallest absolute Gasteiger partial charge is 0.0409 e. The van der Waals surface area contributed by atoms with E-state index < -0.39 is 0 Å². The molecule has 0 saturated carbocycles. The van der Waals surface area contributed by atoms with Gasteiger partial charge in [-0.1, -0.05) is 23.7 Å². The van der Waals surface area contributed by atoms with Crippen molar-refractivity contribution in [2.24, 2.45) is 0 Å². The molecule has 2 rings (SSSR count). The minimum atomic E-state index is 0. The molecular formula is C11H19Cl3N2O. The van der Waals surface area contributed by atoms with E-state index in [-0.39, 0.29) is 30.3 Å². The average molecular weight is 302 g/mol. The first-order valence-electron chi connectivity index (χ1n) is 5.02. The molecule has 1 fully saturated rings. The first-order chi connectivity index (χ1) is 6.84. The van der Waals surface area contributed by atoms with Crippen LogP contribution in [0.15, 0.2) is 24.3 Å². The van der Waals surface area contributed by atoms with Crippen LogP contribution in [-0.2, 0) is 6.54 Å². The molecule has 1 saturated heterocycles. The molecule has 0 spiro atoms. The van der Waals surface area contributed by atoms with Crippen LogP contribution in [0.4, 0.5) is 0 Å². The summed E-state index contributed by atoms with van der Waals surface area (Å²) in [6, 6.07) is 8.11. The lowest BCUT2D eigenvalue weighted by Crippen LogP contribution is -2.42. The molecule has 0 amide bonds. The molecule has 1 aliphatic rings. The molecular weight excluding hydrogens is 282 g/mol. The predicted octanol–water partition coefficient (Wildman–Crippen LogP) is 1.76. The number of rotatable bonds is 2. The molecule has 17 heavy (non-hydrogen) atoms. The van der Waals surface area contributed by atoms with Crippen molar-refractivity contribution in [3.63, 3.8) is 0 Å². The Morgan fingerprint density at radius 2 is 1.82 bits per heavy atom. The maximum absolute atomic E-state index is 5.93. The van der Waals surface area contributed by atoms with E-state index in [0.717, 1.165) is 37.7 Å². The predicted molar refractivity (Wildman–Crippen MR) is 77.7 cm³/mol. The summed E-state index contributed by atoms with van der Waals surface area (Å²) < 4.78 is 0. The highest BCUT2D eigenvalue weighted by atomic mass is 35.5. The van der Waals surface area contributed by atoms with Gasteiger partial charge in [0, 0.05) is 37.7 Å². The van der Waals surface area contributed by atoms with E-state index in [0.29, 0.717) is 0 Å². The maximum Gasteiger partial charge on any atom is 0.0409 e. The van der Waals surface area contributed by atoms with Crippen molar-refractivity contribution in [3.05, 3.63) is 34.9 Å². The van der Waals surface area contributed by atoms with Crippen molar-refractivity contribution in [2.75, 3.05) is 26.2 Å². The van der Waals surface area contributed by atoms with Crippen LogP contribution >= 0.6 is 36.4 Å². The minimum Gasteiger partial charge on any atom is -0.412 e. The quantitative estimate of drug-likeness (QED) is 0.905. The van der Waals surface area contributed by atoms with E-state index in [4.69, 9.17) is 11.6 Å². The van der Waals surface area contributed by atoms with Crippen LogP contribution < -0.4 is 5.32 Å². The normalized spacial score (nSPS) is 15.1. The first-order valence-corrected chi connectivity index (χ1v) is 5.40. The number of hydrogen-bond donors (Lipinski definition) is 1. The lowest BCUT2D eigenvalue weighted by atomic mass is 10.2. The molecule has 1 heterocycles. The third-order valence-corrected chi connectivity index (χ3v) is 2.74. The number of nitrogens with one attached hydrogen (secondary N) is 1. The molecule has 1 aliphatic heterocycles. The first kappa shape index (κ1) is 19.3. The summed E-state index contributed by atoms with van der Waals surface area (Å²) in [5, 5.41) is 4.18. The van der Waals surface area contributed by atoms with E-state index in [1.165, 1.54) is 5.56 Å². The molecule has 1 aromatic carbocycles. The number of benzene rings is 1. The zero-order chi connectivity index (χ0) is 9.80. The van der Waals surface area contributed by atoms with Gasteiger partial charge in [0.25, 0.3) is 0 Å². The van der Waals surface area contributed by atoms with Crippen LogP contribution in [0.3, 0.4) is 0 Å². The monoisotopic (exact) mass is 300 g/mol. The average Bonchev–Trinajstić information content (AvgIpc) is 2.19. The van der Waals surface area contributed by atoms with E-state index >= 15 is 0 Å². The molecule has 0 aromatic heterocycles.